The Kier molecular flexibility index (Phi) is 5.28. The van der Waals surface area contributed by atoms with Gasteiger partial charge in [0.05, 0.1) is 19.1 Å². The summed E-state index contributed by atoms with van der Waals surface area (Å²) < 4.78 is 46.5. The first kappa shape index (κ1) is 19.7. The average molecular weight is 426 g/mol. The van der Waals surface area contributed by atoms with Gasteiger partial charge in [-0.3, -0.25) is 0 Å². The second kappa shape index (κ2) is 8.03. The fourth-order valence-electron chi connectivity index (χ4n) is 2.85. The van der Waals surface area contributed by atoms with Crippen molar-refractivity contribution >= 4 is 9.84 Å². The van der Waals surface area contributed by atoms with Crippen LogP contribution in [0.25, 0.3) is 23.0 Å². The van der Waals surface area contributed by atoms with Crippen LogP contribution in [0, 0.1) is 0 Å². The van der Waals surface area contributed by atoms with Gasteiger partial charge in [0, 0.05) is 11.6 Å². The van der Waals surface area contributed by atoms with Crippen LogP contribution in [0.4, 0.5) is 0 Å². The molecule has 0 radical (unpaired) electrons. The first-order valence-corrected chi connectivity index (χ1v) is 10.6. The van der Waals surface area contributed by atoms with Crippen LogP contribution in [-0.2, 0) is 15.6 Å². The van der Waals surface area contributed by atoms with Gasteiger partial charge in [-0.2, -0.15) is 4.98 Å². The van der Waals surface area contributed by atoms with Crippen LogP contribution < -0.4 is 9.47 Å². The largest absolute Gasteiger partial charge is 0.497 e. The summed E-state index contributed by atoms with van der Waals surface area (Å²) in [5.41, 5.74) is 0.639. The molecule has 2 heterocycles. The number of methoxy groups -OCH3 is 2. The Morgan fingerprint density at radius 3 is 2.30 bits per heavy atom. The molecule has 0 aliphatic carbocycles. The Hall–Kier alpha value is -3.59. The smallest absolute Gasteiger partial charge is 0.293 e. The summed E-state index contributed by atoms with van der Waals surface area (Å²) in [5.74, 6) is 1.90. The molecule has 8 nitrogen and oxygen atoms in total. The molecule has 30 heavy (non-hydrogen) atoms. The van der Waals surface area contributed by atoms with Crippen molar-refractivity contribution in [2.75, 3.05) is 14.2 Å². The van der Waals surface area contributed by atoms with Gasteiger partial charge in [0.25, 0.3) is 5.89 Å². The molecule has 0 saturated heterocycles. The number of benzene rings is 2. The number of ether oxygens (including phenoxy) is 2. The molecule has 4 aromatic rings. The maximum Gasteiger partial charge on any atom is 0.293 e. The third kappa shape index (κ3) is 4.06. The summed E-state index contributed by atoms with van der Waals surface area (Å²) in [7, 11) is -0.424. The lowest BCUT2D eigenvalue weighted by molar-refractivity contribution is 0.394. The highest BCUT2D eigenvalue weighted by Crippen LogP contribution is 2.30. The van der Waals surface area contributed by atoms with E-state index >= 15 is 0 Å². The Bertz CT molecular complexity index is 1240. The zero-order chi connectivity index (χ0) is 21.1. The first-order valence-electron chi connectivity index (χ1n) is 8.92. The van der Waals surface area contributed by atoms with Crippen molar-refractivity contribution in [1.82, 2.24) is 10.1 Å². The van der Waals surface area contributed by atoms with Gasteiger partial charge in [0.2, 0.25) is 5.82 Å². The molecule has 0 aliphatic heterocycles. The van der Waals surface area contributed by atoms with Crippen LogP contribution in [0.1, 0.15) is 5.76 Å². The number of hydrogen-bond acceptors (Lipinski definition) is 8. The number of nitrogens with zero attached hydrogens (tertiary/aromatic N) is 2. The molecule has 4 rings (SSSR count). The Balaban J connectivity index is 1.58. The van der Waals surface area contributed by atoms with Crippen LogP contribution in [0.3, 0.4) is 0 Å². The molecule has 0 aliphatic rings. The predicted molar refractivity (Wildman–Crippen MR) is 108 cm³/mol. The van der Waals surface area contributed by atoms with Gasteiger partial charge in [0.15, 0.2) is 15.6 Å². The molecule has 0 spiro atoms. The lowest BCUT2D eigenvalue weighted by Crippen LogP contribution is -2.03. The Labute approximate surface area is 173 Å². The van der Waals surface area contributed by atoms with Crippen molar-refractivity contribution in [3.05, 3.63) is 66.4 Å². The summed E-state index contributed by atoms with van der Waals surface area (Å²) >= 11 is 0. The van der Waals surface area contributed by atoms with E-state index in [1.54, 1.807) is 74.9 Å². The topological polar surface area (TPSA) is 105 Å². The summed E-state index contributed by atoms with van der Waals surface area (Å²) in [6, 6.07) is 16.6. The second-order valence-corrected chi connectivity index (χ2v) is 8.35. The molecular weight excluding hydrogens is 408 g/mol. The van der Waals surface area contributed by atoms with Gasteiger partial charge < -0.3 is 18.4 Å². The van der Waals surface area contributed by atoms with Crippen molar-refractivity contribution in [2.24, 2.45) is 0 Å². The Morgan fingerprint density at radius 2 is 1.63 bits per heavy atom. The molecule has 2 aromatic carbocycles. The zero-order valence-electron chi connectivity index (χ0n) is 16.2. The molecule has 0 fully saturated rings. The van der Waals surface area contributed by atoms with Gasteiger partial charge in [0.1, 0.15) is 23.0 Å². The lowest BCUT2D eigenvalue weighted by atomic mass is 10.2. The molecule has 0 bridgehead atoms. The van der Waals surface area contributed by atoms with Crippen molar-refractivity contribution in [2.45, 2.75) is 10.6 Å². The van der Waals surface area contributed by atoms with E-state index in [9.17, 15) is 8.42 Å². The predicted octanol–water partition coefficient (Wildman–Crippen LogP) is 3.99. The van der Waals surface area contributed by atoms with Gasteiger partial charge in [-0.1, -0.05) is 23.4 Å². The Morgan fingerprint density at radius 1 is 0.933 bits per heavy atom. The molecular formula is C21H18N2O6S. The van der Waals surface area contributed by atoms with E-state index in [0.717, 1.165) is 0 Å². The van der Waals surface area contributed by atoms with Gasteiger partial charge in [-0.05, 0) is 36.4 Å². The van der Waals surface area contributed by atoms with E-state index in [1.165, 1.54) is 0 Å². The van der Waals surface area contributed by atoms with Crippen LogP contribution in [0.15, 0.2) is 74.5 Å². The summed E-state index contributed by atoms with van der Waals surface area (Å²) in [6.45, 7) is 0. The number of aromatic nitrogens is 2. The SMILES string of the molecule is COc1cc(OC)cc(-c2noc(-c3ccc(CS(=O)(=O)c4ccccc4)o3)n2)c1. The quantitative estimate of drug-likeness (QED) is 0.437. The maximum absolute atomic E-state index is 12.5. The number of hydrogen-bond donors (Lipinski definition) is 0. The molecule has 154 valence electrons. The first-order chi connectivity index (χ1) is 14.5. The lowest BCUT2D eigenvalue weighted by Gasteiger charge is -2.05. The van der Waals surface area contributed by atoms with Crippen LogP contribution in [0.5, 0.6) is 11.5 Å². The number of sulfone groups is 1. The van der Waals surface area contributed by atoms with E-state index in [4.69, 9.17) is 18.4 Å². The molecule has 0 amide bonds. The normalized spacial score (nSPS) is 11.4. The van der Waals surface area contributed by atoms with E-state index in [-0.39, 0.29) is 28.1 Å². The fraction of sp³-hybridized carbons (Fsp3) is 0.143. The summed E-state index contributed by atoms with van der Waals surface area (Å²) in [4.78, 5) is 4.57. The monoisotopic (exact) mass is 426 g/mol. The van der Waals surface area contributed by atoms with Crippen LogP contribution in [-0.4, -0.2) is 32.8 Å². The van der Waals surface area contributed by atoms with Gasteiger partial charge in [-0.25, -0.2) is 8.42 Å². The fourth-order valence-corrected chi connectivity index (χ4v) is 4.11. The van der Waals surface area contributed by atoms with Crippen molar-refractivity contribution in [3.8, 4) is 34.5 Å². The average Bonchev–Trinajstić information content (AvgIpc) is 3.43. The van der Waals surface area contributed by atoms with Crippen molar-refractivity contribution in [1.29, 1.82) is 0 Å². The summed E-state index contributed by atoms with van der Waals surface area (Å²) in [5, 5.41) is 3.97. The molecule has 0 saturated carbocycles. The third-order valence-electron chi connectivity index (χ3n) is 4.34. The van der Waals surface area contributed by atoms with E-state index in [1.807, 2.05) is 0 Å². The summed E-state index contributed by atoms with van der Waals surface area (Å²) in [6.07, 6.45) is 0. The standard InChI is InChI=1S/C21H18N2O6S/c1-26-16-10-14(11-17(12-16)27-2)20-22-21(29-23-20)19-9-8-15(28-19)13-30(24,25)18-6-4-3-5-7-18/h3-12H,13H2,1-2H3. The van der Waals surface area contributed by atoms with Crippen molar-refractivity contribution < 1.29 is 26.8 Å². The molecule has 2 aromatic heterocycles. The van der Waals surface area contributed by atoms with E-state index < -0.39 is 9.84 Å². The minimum Gasteiger partial charge on any atom is -0.497 e. The molecule has 0 N–H and O–H groups in total. The zero-order valence-corrected chi connectivity index (χ0v) is 17.0. The number of furan rings is 1. The van der Waals surface area contributed by atoms with Crippen LogP contribution in [0.2, 0.25) is 0 Å². The van der Waals surface area contributed by atoms with Gasteiger partial charge >= 0.3 is 0 Å². The minimum atomic E-state index is -3.52. The highest BCUT2D eigenvalue weighted by Gasteiger charge is 2.20. The van der Waals surface area contributed by atoms with Crippen molar-refractivity contribution in [3.63, 3.8) is 0 Å². The highest BCUT2D eigenvalue weighted by molar-refractivity contribution is 7.90. The van der Waals surface area contributed by atoms with E-state index in [2.05, 4.69) is 10.1 Å². The maximum atomic E-state index is 12.5. The molecule has 9 heteroatoms. The minimum absolute atomic E-state index is 0.134. The molecule has 0 atom stereocenters. The van der Waals surface area contributed by atoms with Crippen LogP contribution >= 0.6 is 0 Å². The number of rotatable bonds is 7. The second-order valence-electron chi connectivity index (χ2n) is 6.36. The van der Waals surface area contributed by atoms with E-state index in [0.29, 0.717) is 22.9 Å². The van der Waals surface area contributed by atoms with Gasteiger partial charge in [-0.15, -0.1) is 0 Å². The highest BCUT2D eigenvalue weighted by atomic mass is 32.2. The molecule has 0 unspecified atom stereocenters. The third-order valence-corrected chi connectivity index (χ3v) is 6.00.